The van der Waals surface area contributed by atoms with Crippen molar-refractivity contribution in [1.82, 2.24) is 10.2 Å². The lowest BCUT2D eigenvalue weighted by Gasteiger charge is -2.40. The zero-order valence-corrected chi connectivity index (χ0v) is 9.38. The highest BCUT2D eigenvalue weighted by Crippen LogP contribution is 2.27. The molecule has 3 atom stereocenters. The molecule has 3 nitrogen and oxygen atoms in total. The van der Waals surface area contributed by atoms with Gasteiger partial charge in [-0.2, -0.15) is 18.4 Å². The fourth-order valence-corrected chi connectivity index (χ4v) is 1.96. The van der Waals surface area contributed by atoms with Crippen LogP contribution in [0.15, 0.2) is 0 Å². The van der Waals surface area contributed by atoms with E-state index in [4.69, 9.17) is 5.26 Å². The maximum atomic E-state index is 12.5. The summed E-state index contributed by atoms with van der Waals surface area (Å²) in [5, 5.41) is 11.7. The Labute approximate surface area is 93.2 Å². The Hall–Kier alpha value is -0.800. The van der Waals surface area contributed by atoms with E-state index >= 15 is 0 Å². The first-order valence-corrected chi connectivity index (χ1v) is 5.29. The minimum Gasteiger partial charge on any atom is -0.314 e. The van der Waals surface area contributed by atoms with Crippen molar-refractivity contribution in [2.75, 3.05) is 19.6 Å². The van der Waals surface area contributed by atoms with E-state index in [1.54, 1.807) is 4.90 Å². The minimum absolute atomic E-state index is 0.0296. The van der Waals surface area contributed by atoms with Gasteiger partial charge < -0.3 is 5.32 Å². The Kier molecular flexibility index (Phi) is 4.16. The van der Waals surface area contributed by atoms with Crippen LogP contribution in [-0.2, 0) is 0 Å². The molecule has 1 aliphatic heterocycles. The predicted molar refractivity (Wildman–Crippen MR) is 53.7 cm³/mol. The lowest BCUT2D eigenvalue weighted by Crippen LogP contribution is -2.57. The Morgan fingerprint density at radius 3 is 2.25 bits per heavy atom. The monoisotopic (exact) mass is 235 g/mol. The molecule has 0 aromatic heterocycles. The number of hydrogen-bond acceptors (Lipinski definition) is 3. The molecule has 1 fully saturated rings. The van der Waals surface area contributed by atoms with Gasteiger partial charge in [0.2, 0.25) is 0 Å². The molecule has 1 rings (SSSR count). The SMILES string of the molecule is CC1CNCC(C)N1CC(C#N)C(F)(F)F. The summed E-state index contributed by atoms with van der Waals surface area (Å²) in [6.45, 7) is 4.84. The summed E-state index contributed by atoms with van der Waals surface area (Å²) in [5.74, 6) is -1.89. The highest BCUT2D eigenvalue weighted by molar-refractivity contribution is 4.94. The van der Waals surface area contributed by atoms with Crippen LogP contribution in [0.5, 0.6) is 0 Å². The van der Waals surface area contributed by atoms with E-state index in [2.05, 4.69) is 5.32 Å². The molecular formula is C10H16F3N3. The van der Waals surface area contributed by atoms with Crippen LogP contribution < -0.4 is 5.32 Å². The second-order valence-electron chi connectivity index (χ2n) is 4.28. The van der Waals surface area contributed by atoms with Gasteiger partial charge in [-0.1, -0.05) is 0 Å². The van der Waals surface area contributed by atoms with Gasteiger partial charge in [0.25, 0.3) is 0 Å². The van der Waals surface area contributed by atoms with Crippen LogP contribution in [-0.4, -0.2) is 42.8 Å². The van der Waals surface area contributed by atoms with Crippen LogP contribution in [0.3, 0.4) is 0 Å². The van der Waals surface area contributed by atoms with E-state index in [0.717, 1.165) is 0 Å². The highest BCUT2D eigenvalue weighted by Gasteiger charge is 2.42. The van der Waals surface area contributed by atoms with Crippen molar-refractivity contribution in [1.29, 1.82) is 5.26 Å². The minimum atomic E-state index is -4.43. The first-order chi connectivity index (χ1) is 7.36. The molecule has 0 bridgehead atoms. The van der Waals surface area contributed by atoms with Crippen molar-refractivity contribution in [3.63, 3.8) is 0 Å². The van der Waals surface area contributed by atoms with Gasteiger partial charge in [-0.15, -0.1) is 0 Å². The van der Waals surface area contributed by atoms with Gasteiger partial charge in [-0.3, -0.25) is 4.90 Å². The number of nitrogens with zero attached hydrogens (tertiary/aromatic N) is 2. The van der Waals surface area contributed by atoms with Crippen molar-refractivity contribution in [2.24, 2.45) is 5.92 Å². The van der Waals surface area contributed by atoms with Crippen LogP contribution in [0.2, 0.25) is 0 Å². The lowest BCUT2D eigenvalue weighted by atomic mass is 10.0. The Balaban J connectivity index is 2.67. The van der Waals surface area contributed by atoms with E-state index < -0.39 is 12.1 Å². The van der Waals surface area contributed by atoms with Crippen molar-refractivity contribution in [3.8, 4) is 6.07 Å². The summed E-state index contributed by atoms with van der Waals surface area (Å²) < 4.78 is 37.4. The molecule has 1 aliphatic rings. The average molecular weight is 235 g/mol. The normalized spacial score (nSPS) is 29.8. The topological polar surface area (TPSA) is 39.1 Å². The van der Waals surface area contributed by atoms with E-state index in [1.165, 1.54) is 6.07 Å². The third-order valence-corrected chi connectivity index (χ3v) is 2.96. The van der Waals surface area contributed by atoms with E-state index in [0.29, 0.717) is 13.1 Å². The van der Waals surface area contributed by atoms with E-state index in [-0.39, 0.29) is 18.6 Å². The van der Waals surface area contributed by atoms with Crippen LogP contribution in [0.1, 0.15) is 13.8 Å². The molecule has 1 N–H and O–H groups in total. The van der Waals surface area contributed by atoms with E-state index in [9.17, 15) is 13.2 Å². The van der Waals surface area contributed by atoms with Gasteiger partial charge in [0.15, 0.2) is 5.92 Å². The molecule has 0 saturated carbocycles. The standard InChI is InChI=1S/C10H16F3N3/c1-7-4-15-5-8(2)16(7)6-9(3-14)10(11,12)13/h7-9,15H,4-6H2,1-2H3. The van der Waals surface area contributed by atoms with Gasteiger partial charge in [0.05, 0.1) is 6.07 Å². The second-order valence-corrected chi connectivity index (χ2v) is 4.28. The van der Waals surface area contributed by atoms with Crippen molar-refractivity contribution >= 4 is 0 Å². The highest BCUT2D eigenvalue weighted by atomic mass is 19.4. The summed E-state index contributed by atoms with van der Waals surface area (Å²) in [6.07, 6.45) is -4.43. The molecule has 0 radical (unpaired) electrons. The maximum Gasteiger partial charge on any atom is 0.405 e. The van der Waals surface area contributed by atoms with Gasteiger partial charge in [-0.05, 0) is 13.8 Å². The molecule has 0 aromatic carbocycles. The maximum absolute atomic E-state index is 12.5. The number of nitriles is 1. The Bertz CT molecular complexity index is 261. The van der Waals surface area contributed by atoms with Gasteiger partial charge in [0.1, 0.15) is 0 Å². The summed E-state index contributed by atoms with van der Waals surface area (Å²) >= 11 is 0. The number of nitrogens with one attached hydrogen (secondary N) is 1. The fraction of sp³-hybridized carbons (Fsp3) is 0.900. The first kappa shape index (κ1) is 13.3. The summed E-state index contributed by atoms with van der Waals surface area (Å²) in [7, 11) is 0. The first-order valence-electron chi connectivity index (χ1n) is 5.29. The third-order valence-electron chi connectivity index (χ3n) is 2.96. The summed E-state index contributed by atoms with van der Waals surface area (Å²) in [4.78, 5) is 1.75. The Morgan fingerprint density at radius 1 is 1.38 bits per heavy atom. The van der Waals surface area contributed by atoms with Crippen molar-refractivity contribution < 1.29 is 13.2 Å². The van der Waals surface area contributed by atoms with Crippen LogP contribution in [0, 0.1) is 17.2 Å². The number of alkyl halides is 3. The molecule has 0 aliphatic carbocycles. The average Bonchev–Trinajstić information content (AvgIpc) is 2.15. The molecule has 3 unspecified atom stereocenters. The van der Waals surface area contributed by atoms with Crippen LogP contribution in [0.4, 0.5) is 13.2 Å². The molecule has 92 valence electrons. The molecule has 6 heteroatoms. The number of hydrogen-bond donors (Lipinski definition) is 1. The van der Waals surface area contributed by atoms with Gasteiger partial charge >= 0.3 is 6.18 Å². The second kappa shape index (κ2) is 5.02. The lowest BCUT2D eigenvalue weighted by molar-refractivity contribution is -0.166. The van der Waals surface area contributed by atoms with Gasteiger partial charge in [0, 0.05) is 31.7 Å². The largest absolute Gasteiger partial charge is 0.405 e. The van der Waals surface area contributed by atoms with E-state index in [1.807, 2.05) is 13.8 Å². The third kappa shape index (κ3) is 3.09. The molecule has 0 spiro atoms. The molecule has 16 heavy (non-hydrogen) atoms. The predicted octanol–water partition coefficient (Wildman–Crippen LogP) is 1.37. The van der Waals surface area contributed by atoms with Crippen molar-refractivity contribution in [2.45, 2.75) is 32.1 Å². The molecular weight excluding hydrogens is 219 g/mol. The van der Waals surface area contributed by atoms with Crippen LogP contribution in [0.25, 0.3) is 0 Å². The molecule has 1 saturated heterocycles. The molecule has 0 amide bonds. The zero-order valence-electron chi connectivity index (χ0n) is 9.38. The zero-order chi connectivity index (χ0) is 12.3. The summed E-state index contributed by atoms with van der Waals surface area (Å²) in [6, 6.07) is 1.40. The Morgan fingerprint density at radius 2 is 1.88 bits per heavy atom. The van der Waals surface area contributed by atoms with Crippen LogP contribution >= 0.6 is 0 Å². The quantitative estimate of drug-likeness (QED) is 0.785. The number of piperazine rings is 1. The molecule has 1 heterocycles. The van der Waals surface area contributed by atoms with Crippen molar-refractivity contribution in [3.05, 3.63) is 0 Å². The fourth-order valence-electron chi connectivity index (χ4n) is 1.96. The van der Waals surface area contributed by atoms with Gasteiger partial charge in [-0.25, -0.2) is 0 Å². The molecule has 0 aromatic rings. The smallest absolute Gasteiger partial charge is 0.314 e. The number of halogens is 3. The number of rotatable bonds is 2. The summed E-state index contributed by atoms with van der Waals surface area (Å²) in [5.41, 5.74) is 0.